The van der Waals surface area contributed by atoms with Crippen LogP contribution in [0.5, 0.6) is 0 Å². The lowest BCUT2D eigenvalue weighted by molar-refractivity contribution is -0.127. The Morgan fingerprint density at radius 3 is 2.23 bits per heavy atom. The summed E-state index contributed by atoms with van der Waals surface area (Å²) in [7, 11) is 0. The van der Waals surface area contributed by atoms with Gasteiger partial charge in [0.15, 0.2) is 0 Å². The zero-order valence-electron chi connectivity index (χ0n) is 12.2. The highest BCUT2D eigenvalue weighted by atomic mass is 35.5. The molecule has 2 aromatic carbocycles. The molecule has 2 rings (SSSR count). The Labute approximate surface area is 135 Å². The molecule has 0 aromatic heterocycles. The van der Waals surface area contributed by atoms with Gasteiger partial charge in [-0.15, -0.1) is 0 Å². The van der Waals surface area contributed by atoms with Crippen LogP contribution in [0.3, 0.4) is 0 Å². The number of aldehydes is 1. The molecular formula is C18H18ClNO2. The van der Waals surface area contributed by atoms with Crippen molar-refractivity contribution in [2.45, 2.75) is 19.3 Å². The molecule has 0 aliphatic heterocycles. The molecule has 0 radical (unpaired) electrons. The van der Waals surface area contributed by atoms with Crippen molar-refractivity contribution in [1.29, 1.82) is 0 Å². The molecule has 0 amide bonds. The number of rotatable bonds is 7. The van der Waals surface area contributed by atoms with Gasteiger partial charge in [0.25, 0.3) is 0 Å². The molecule has 0 aliphatic rings. The number of ketones is 1. The number of nitrogens with two attached hydrogens (primary N) is 1. The Bertz CT molecular complexity index is 635. The molecular weight excluding hydrogens is 298 g/mol. The van der Waals surface area contributed by atoms with Crippen molar-refractivity contribution >= 4 is 29.4 Å². The van der Waals surface area contributed by atoms with Crippen molar-refractivity contribution in [2.24, 2.45) is 5.92 Å². The standard InChI is InChI=1S/C18H18ClNO2/c19-16-6-1-14(2-7-16)11-15(12-21)18(22)10-5-13-3-8-17(20)9-4-13/h1-4,6-9,12,15H,5,10-11,20H2. The summed E-state index contributed by atoms with van der Waals surface area (Å²) in [4.78, 5) is 23.4. The Morgan fingerprint density at radius 2 is 1.64 bits per heavy atom. The van der Waals surface area contributed by atoms with E-state index in [2.05, 4.69) is 0 Å². The first-order valence-corrected chi connectivity index (χ1v) is 7.53. The van der Waals surface area contributed by atoms with Gasteiger partial charge in [0, 0.05) is 17.1 Å². The minimum Gasteiger partial charge on any atom is -0.399 e. The molecule has 0 bridgehead atoms. The number of halogens is 1. The Kier molecular flexibility index (Phi) is 5.73. The van der Waals surface area contributed by atoms with Crippen LogP contribution in [-0.2, 0) is 22.4 Å². The molecule has 0 saturated carbocycles. The number of hydrogen-bond donors (Lipinski definition) is 1. The number of carbonyl (C=O) groups is 2. The highest BCUT2D eigenvalue weighted by Gasteiger charge is 2.17. The van der Waals surface area contributed by atoms with E-state index in [4.69, 9.17) is 17.3 Å². The van der Waals surface area contributed by atoms with E-state index in [0.29, 0.717) is 30.0 Å². The van der Waals surface area contributed by atoms with Crippen LogP contribution in [0.25, 0.3) is 0 Å². The van der Waals surface area contributed by atoms with Crippen molar-refractivity contribution < 1.29 is 9.59 Å². The van der Waals surface area contributed by atoms with Gasteiger partial charge >= 0.3 is 0 Å². The number of benzene rings is 2. The molecule has 3 nitrogen and oxygen atoms in total. The zero-order valence-corrected chi connectivity index (χ0v) is 12.9. The van der Waals surface area contributed by atoms with E-state index in [1.807, 2.05) is 36.4 Å². The Balaban J connectivity index is 1.92. The third-order valence-electron chi connectivity index (χ3n) is 3.59. The summed E-state index contributed by atoms with van der Waals surface area (Å²) >= 11 is 5.83. The maximum absolute atomic E-state index is 12.2. The van der Waals surface area contributed by atoms with Crippen LogP contribution in [0.4, 0.5) is 5.69 Å². The average Bonchev–Trinajstić information content (AvgIpc) is 2.53. The zero-order chi connectivity index (χ0) is 15.9. The van der Waals surface area contributed by atoms with Crippen LogP contribution in [0.1, 0.15) is 17.5 Å². The van der Waals surface area contributed by atoms with Crippen molar-refractivity contribution in [3.63, 3.8) is 0 Å². The summed E-state index contributed by atoms with van der Waals surface area (Å²) in [5.74, 6) is -0.642. The van der Waals surface area contributed by atoms with Crippen molar-refractivity contribution in [3.05, 3.63) is 64.7 Å². The Hall–Kier alpha value is -2.13. The predicted octanol–water partition coefficient (Wildman–Crippen LogP) is 3.48. The number of hydrogen-bond acceptors (Lipinski definition) is 3. The van der Waals surface area contributed by atoms with Gasteiger partial charge < -0.3 is 10.5 Å². The van der Waals surface area contributed by atoms with Crippen LogP contribution >= 0.6 is 11.6 Å². The fraction of sp³-hybridized carbons (Fsp3) is 0.222. The SMILES string of the molecule is Nc1ccc(CCC(=O)C(C=O)Cc2ccc(Cl)cc2)cc1. The minimum absolute atomic E-state index is 0.0400. The van der Waals surface area contributed by atoms with Crippen molar-refractivity contribution in [3.8, 4) is 0 Å². The second-order valence-electron chi connectivity index (χ2n) is 5.28. The fourth-order valence-electron chi connectivity index (χ4n) is 2.25. The molecule has 2 aromatic rings. The normalized spacial score (nSPS) is 11.9. The molecule has 0 heterocycles. The Morgan fingerprint density at radius 1 is 1.05 bits per heavy atom. The van der Waals surface area contributed by atoms with Crippen LogP contribution in [-0.4, -0.2) is 12.1 Å². The molecule has 0 fully saturated rings. The number of carbonyl (C=O) groups excluding carboxylic acids is 2. The van der Waals surface area contributed by atoms with Gasteiger partial charge in [-0.3, -0.25) is 4.79 Å². The smallest absolute Gasteiger partial charge is 0.143 e. The maximum Gasteiger partial charge on any atom is 0.143 e. The third kappa shape index (κ3) is 4.71. The summed E-state index contributed by atoms with van der Waals surface area (Å²) in [5.41, 5.74) is 8.30. The second-order valence-corrected chi connectivity index (χ2v) is 5.72. The summed E-state index contributed by atoms with van der Waals surface area (Å²) in [6.45, 7) is 0. The van der Waals surface area contributed by atoms with E-state index in [1.165, 1.54) is 0 Å². The monoisotopic (exact) mass is 315 g/mol. The lowest BCUT2D eigenvalue weighted by Crippen LogP contribution is -2.19. The maximum atomic E-state index is 12.2. The molecule has 2 N–H and O–H groups in total. The highest BCUT2D eigenvalue weighted by molar-refractivity contribution is 6.30. The molecule has 0 aliphatic carbocycles. The van der Waals surface area contributed by atoms with Crippen LogP contribution in [0, 0.1) is 5.92 Å². The van der Waals surface area contributed by atoms with Crippen molar-refractivity contribution in [2.75, 3.05) is 5.73 Å². The molecule has 1 atom stereocenters. The quantitative estimate of drug-likeness (QED) is 0.483. The van der Waals surface area contributed by atoms with Gasteiger partial charge in [0.1, 0.15) is 12.1 Å². The first-order valence-electron chi connectivity index (χ1n) is 7.15. The van der Waals surface area contributed by atoms with E-state index in [1.54, 1.807) is 12.1 Å². The molecule has 1 unspecified atom stereocenters. The molecule has 114 valence electrons. The summed E-state index contributed by atoms with van der Waals surface area (Å²) in [6.07, 6.45) is 2.12. The van der Waals surface area contributed by atoms with Gasteiger partial charge in [0.05, 0.1) is 5.92 Å². The minimum atomic E-state index is -0.602. The molecule has 0 spiro atoms. The van der Waals surface area contributed by atoms with Gasteiger partial charge in [-0.2, -0.15) is 0 Å². The first-order chi connectivity index (χ1) is 10.6. The van der Waals surface area contributed by atoms with Crippen molar-refractivity contribution in [1.82, 2.24) is 0 Å². The van der Waals surface area contributed by atoms with Gasteiger partial charge in [-0.05, 0) is 48.2 Å². The summed E-state index contributed by atoms with van der Waals surface area (Å²) in [6, 6.07) is 14.6. The van der Waals surface area contributed by atoms with E-state index >= 15 is 0 Å². The van der Waals surface area contributed by atoms with E-state index < -0.39 is 5.92 Å². The van der Waals surface area contributed by atoms with E-state index in [0.717, 1.165) is 17.4 Å². The van der Waals surface area contributed by atoms with Crippen LogP contribution in [0.15, 0.2) is 48.5 Å². The van der Waals surface area contributed by atoms with Crippen LogP contribution < -0.4 is 5.73 Å². The first kappa shape index (κ1) is 16.2. The molecule has 0 saturated heterocycles. The largest absolute Gasteiger partial charge is 0.399 e. The van der Waals surface area contributed by atoms with Gasteiger partial charge in [-0.25, -0.2) is 0 Å². The molecule has 4 heteroatoms. The number of nitrogen functional groups attached to an aromatic ring is 1. The lowest BCUT2D eigenvalue weighted by Gasteiger charge is -2.10. The lowest BCUT2D eigenvalue weighted by atomic mass is 9.93. The molecule has 22 heavy (non-hydrogen) atoms. The summed E-state index contributed by atoms with van der Waals surface area (Å²) < 4.78 is 0. The van der Waals surface area contributed by atoms with E-state index in [-0.39, 0.29) is 5.78 Å². The topological polar surface area (TPSA) is 60.2 Å². The highest BCUT2D eigenvalue weighted by Crippen LogP contribution is 2.15. The fourth-order valence-corrected chi connectivity index (χ4v) is 2.38. The third-order valence-corrected chi connectivity index (χ3v) is 3.84. The average molecular weight is 316 g/mol. The number of anilines is 1. The van der Waals surface area contributed by atoms with E-state index in [9.17, 15) is 9.59 Å². The predicted molar refractivity (Wildman–Crippen MR) is 88.9 cm³/mol. The number of Topliss-reactive ketones (excluding diaryl/α,β-unsaturated/α-hetero) is 1. The van der Waals surface area contributed by atoms with Gasteiger partial charge in [0.2, 0.25) is 0 Å². The van der Waals surface area contributed by atoms with Gasteiger partial charge in [-0.1, -0.05) is 35.9 Å². The van der Waals surface area contributed by atoms with Crippen LogP contribution in [0.2, 0.25) is 5.02 Å². The second kappa shape index (κ2) is 7.76. The summed E-state index contributed by atoms with van der Waals surface area (Å²) in [5, 5.41) is 0.640. The number of aryl methyl sites for hydroxylation is 1.